The summed E-state index contributed by atoms with van der Waals surface area (Å²) in [6, 6.07) is 5.82. The molecule has 0 radical (unpaired) electrons. The van der Waals surface area contributed by atoms with Gasteiger partial charge in [-0.15, -0.1) is 10.2 Å². The highest BCUT2D eigenvalue weighted by Crippen LogP contribution is 2.37. The van der Waals surface area contributed by atoms with Crippen molar-refractivity contribution in [2.24, 2.45) is 5.41 Å². The molecule has 2 aromatic heterocycles. The van der Waals surface area contributed by atoms with Gasteiger partial charge in [0.25, 0.3) is 0 Å². The minimum absolute atomic E-state index is 0.160. The third kappa shape index (κ3) is 2.40. The van der Waals surface area contributed by atoms with E-state index in [0.717, 1.165) is 24.3 Å². The van der Waals surface area contributed by atoms with Crippen LogP contribution in [0.25, 0.3) is 5.65 Å². The Bertz CT molecular complexity index is 613. The highest BCUT2D eigenvalue weighted by Gasteiger charge is 2.35. The fourth-order valence-corrected chi connectivity index (χ4v) is 2.95. The number of amides is 1. The predicted molar refractivity (Wildman–Crippen MR) is 76.3 cm³/mol. The molecule has 5 nitrogen and oxygen atoms in total. The first kappa shape index (κ1) is 13.1. The zero-order valence-corrected chi connectivity index (χ0v) is 11.8. The van der Waals surface area contributed by atoms with E-state index < -0.39 is 0 Å². The number of rotatable bonds is 4. The van der Waals surface area contributed by atoms with Crippen molar-refractivity contribution in [1.82, 2.24) is 19.9 Å². The molecular formula is C15H20N4O. The summed E-state index contributed by atoms with van der Waals surface area (Å²) < 4.78 is 1.96. The summed E-state index contributed by atoms with van der Waals surface area (Å²) in [6.45, 7) is 2.69. The summed E-state index contributed by atoms with van der Waals surface area (Å²) in [4.78, 5) is 12.2. The maximum Gasteiger partial charge on any atom is 0.225 e. The molecule has 1 fully saturated rings. The van der Waals surface area contributed by atoms with Gasteiger partial charge >= 0.3 is 0 Å². The van der Waals surface area contributed by atoms with E-state index >= 15 is 0 Å². The summed E-state index contributed by atoms with van der Waals surface area (Å²) in [5.41, 5.74) is 0.684. The van der Waals surface area contributed by atoms with Gasteiger partial charge in [0, 0.05) is 24.6 Å². The summed E-state index contributed by atoms with van der Waals surface area (Å²) in [6.07, 6.45) is 6.99. The Morgan fingerprint density at radius 3 is 2.95 bits per heavy atom. The van der Waals surface area contributed by atoms with E-state index in [2.05, 4.69) is 22.4 Å². The normalized spacial score (nSPS) is 17.4. The lowest BCUT2D eigenvalue weighted by Crippen LogP contribution is -2.38. The van der Waals surface area contributed by atoms with Crippen LogP contribution in [0.3, 0.4) is 0 Å². The molecule has 0 atom stereocenters. The van der Waals surface area contributed by atoms with Gasteiger partial charge in [-0.05, 0) is 25.0 Å². The van der Waals surface area contributed by atoms with Crippen LogP contribution in [0.15, 0.2) is 24.4 Å². The molecule has 2 heterocycles. The van der Waals surface area contributed by atoms with Gasteiger partial charge in [-0.3, -0.25) is 9.20 Å². The molecule has 1 aliphatic rings. The van der Waals surface area contributed by atoms with Gasteiger partial charge in [-0.1, -0.05) is 25.8 Å². The van der Waals surface area contributed by atoms with E-state index in [1.165, 1.54) is 12.8 Å². The zero-order chi connectivity index (χ0) is 14.0. The highest BCUT2D eigenvalue weighted by molar-refractivity contribution is 5.82. The minimum atomic E-state index is -0.160. The molecule has 1 N–H and O–H groups in total. The maximum atomic E-state index is 12.2. The first-order chi connectivity index (χ1) is 9.69. The van der Waals surface area contributed by atoms with E-state index in [-0.39, 0.29) is 11.3 Å². The Balaban J connectivity index is 1.59. The van der Waals surface area contributed by atoms with Crippen LogP contribution in [-0.2, 0) is 11.2 Å². The van der Waals surface area contributed by atoms with Gasteiger partial charge in [-0.25, -0.2) is 0 Å². The monoisotopic (exact) mass is 272 g/mol. The van der Waals surface area contributed by atoms with Crippen molar-refractivity contribution in [3.63, 3.8) is 0 Å². The van der Waals surface area contributed by atoms with Crippen LogP contribution in [0, 0.1) is 5.41 Å². The van der Waals surface area contributed by atoms with Gasteiger partial charge in [0.1, 0.15) is 5.82 Å². The SMILES string of the molecule is CC1(C(=O)NCCc2nnc3ccccn23)CCCC1. The third-order valence-corrected chi connectivity index (χ3v) is 4.27. The Morgan fingerprint density at radius 2 is 2.15 bits per heavy atom. The summed E-state index contributed by atoms with van der Waals surface area (Å²) in [5, 5.41) is 11.3. The minimum Gasteiger partial charge on any atom is -0.355 e. The molecule has 3 rings (SSSR count). The van der Waals surface area contributed by atoms with Crippen LogP contribution >= 0.6 is 0 Å². The van der Waals surface area contributed by atoms with Gasteiger partial charge in [0.15, 0.2) is 5.65 Å². The molecular weight excluding hydrogens is 252 g/mol. The first-order valence-electron chi connectivity index (χ1n) is 7.26. The number of aromatic nitrogens is 3. The second-order valence-electron chi connectivity index (χ2n) is 5.82. The standard InChI is InChI=1S/C15H20N4O/c1-15(8-3-4-9-15)14(20)16-10-7-13-18-17-12-6-2-5-11-19(12)13/h2,5-6,11H,3-4,7-10H2,1H3,(H,16,20). The van der Waals surface area contributed by atoms with Crippen molar-refractivity contribution < 1.29 is 4.79 Å². The fraction of sp³-hybridized carbons (Fsp3) is 0.533. The number of hydrogen-bond donors (Lipinski definition) is 1. The second-order valence-corrected chi connectivity index (χ2v) is 5.82. The Morgan fingerprint density at radius 1 is 1.35 bits per heavy atom. The van der Waals surface area contributed by atoms with Crippen LogP contribution in [0.4, 0.5) is 0 Å². The maximum absolute atomic E-state index is 12.2. The van der Waals surface area contributed by atoms with E-state index in [1.807, 2.05) is 28.8 Å². The lowest BCUT2D eigenvalue weighted by atomic mass is 9.88. The Kier molecular flexibility index (Phi) is 3.42. The van der Waals surface area contributed by atoms with Crippen molar-refractivity contribution in [3.8, 4) is 0 Å². The molecule has 0 spiro atoms. The second kappa shape index (κ2) is 5.23. The molecule has 0 saturated heterocycles. The number of nitrogens with zero attached hydrogens (tertiary/aromatic N) is 3. The van der Waals surface area contributed by atoms with E-state index in [1.54, 1.807) is 0 Å². The van der Waals surface area contributed by atoms with Gasteiger partial charge < -0.3 is 5.32 Å². The predicted octanol–water partition coefficient (Wildman–Crippen LogP) is 1.97. The third-order valence-electron chi connectivity index (χ3n) is 4.27. The van der Waals surface area contributed by atoms with Gasteiger partial charge in [0.2, 0.25) is 5.91 Å². The van der Waals surface area contributed by atoms with Gasteiger partial charge in [-0.2, -0.15) is 0 Å². The number of hydrogen-bond acceptors (Lipinski definition) is 3. The lowest BCUT2D eigenvalue weighted by Gasteiger charge is -2.22. The average Bonchev–Trinajstić information content (AvgIpc) is 3.07. The number of carbonyl (C=O) groups is 1. The smallest absolute Gasteiger partial charge is 0.225 e. The van der Waals surface area contributed by atoms with Crippen molar-refractivity contribution in [2.45, 2.75) is 39.0 Å². The van der Waals surface area contributed by atoms with Crippen LogP contribution in [-0.4, -0.2) is 27.0 Å². The highest BCUT2D eigenvalue weighted by atomic mass is 16.2. The van der Waals surface area contributed by atoms with E-state index in [4.69, 9.17) is 0 Å². The Hall–Kier alpha value is -1.91. The number of pyridine rings is 1. The van der Waals surface area contributed by atoms with Crippen molar-refractivity contribution in [3.05, 3.63) is 30.2 Å². The molecule has 1 saturated carbocycles. The molecule has 0 unspecified atom stereocenters. The van der Waals surface area contributed by atoms with Crippen molar-refractivity contribution in [1.29, 1.82) is 0 Å². The van der Waals surface area contributed by atoms with Crippen LogP contribution in [0.5, 0.6) is 0 Å². The molecule has 0 aromatic carbocycles. The number of nitrogens with one attached hydrogen (secondary N) is 1. The van der Waals surface area contributed by atoms with Gasteiger partial charge in [0.05, 0.1) is 0 Å². The van der Waals surface area contributed by atoms with Crippen molar-refractivity contribution in [2.75, 3.05) is 6.54 Å². The topological polar surface area (TPSA) is 59.3 Å². The fourth-order valence-electron chi connectivity index (χ4n) is 2.95. The zero-order valence-electron chi connectivity index (χ0n) is 11.8. The summed E-state index contributed by atoms with van der Waals surface area (Å²) in [5.74, 6) is 1.07. The molecule has 0 aliphatic heterocycles. The number of fused-ring (bicyclic) bond motifs is 1. The average molecular weight is 272 g/mol. The molecule has 20 heavy (non-hydrogen) atoms. The summed E-state index contributed by atoms with van der Waals surface area (Å²) >= 11 is 0. The van der Waals surface area contributed by atoms with E-state index in [9.17, 15) is 4.79 Å². The largest absolute Gasteiger partial charge is 0.355 e. The molecule has 0 bridgehead atoms. The van der Waals surface area contributed by atoms with E-state index in [0.29, 0.717) is 13.0 Å². The van der Waals surface area contributed by atoms with Crippen LogP contribution < -0.4 is 5.32 Å². The lowest BCUT2D eigenvalue weighted by molar-refractivity contribution is -0.129. The van der Waals surface area contributed by atoms with Crippen LogP contribution in [0.1, 0.15) is 38.4 Å². The number of carbonyl (C=O) groups excluding carboxylic acids is 1. The Labute approximate surface area is 118 Å². The molecule has 2 aromatic rings. The quantitative estimate of drug-likeness (QED) is 0.925. The molecule has 1 aliphatic carbocycles. The molecule has 106 valence electrons. The molecule has 5 heteroatoms. The molecule has 1 amide bonds. The van der Waals surface area contributed by atoms with Crippen molar-refractivity contribution >= 4 is 11.6 Å². The first-order valence-corrected chi connectivity index (χ1v) is 7.26. The summed E-state index contributed by atoms with van der Waals surface area (Å²) in [7, 11) is 0. The van der Waals surface area contributed by atoms with Crippen LogP contribution in [0.2, 0.25) is 0 Å².